The number of fused-ring (bicyclic) bond motifs is 1. The van der Waals surface area contributed by atoms with E-state index in [9.17, 15) is 13.6 Å². The number of alkyl halides is 2. The molecule has 0 aliphatic carbocycles. The van der Waals surface area contributed by atoms with Crippen molar-refractivity contribution in [2.45, 2.75) is 59.5 Å². The Hall–Kier alpha value is -3.58. The fourth-order valence-corrected chi connectivity index (χ4v) is 4.74. The summed E-state index contributed by atoms with van der Waals surface area (Å²) in [5.41, 5.74) is 4.72. The summed E-state index contributed by atoms with van der Waals surface area (Å²) in [5, 5.41) is 11.0. The van der Waals surface area contributed by atoms with Crippen LogP contribution >= 0.6 is 0 Å². The quantitative estimate of drug-likeness (QED) is 0.283. The predicted molar refractivity (Wildman–Crippen MR) is 146 cm³/mol. The molecule has 0 spiro atoms. The number of carbonyl (C=O) groups excluding carboxylic acids is 1. The number of aliphatic hydroxyl groups is 1. The molecule has 1 N–H and O–H groups in total. The zero-order valence-electron chi connectivity index (χ0n) is 22.4. The molecule has 3 aromatic carbocycles. The van der Waals surface area contributed by atoms with E-state index < -0.39 is 12.0 Å². The molecule has 1 aliphatic heterocycles. The van der Waals surface area contributed by atoms with Crippen molar-refractivity contribution in [2.24, 2.45) is 0 Å². The summed E-state index contributed by atoms with van der Waals surface area (Å²) in [4.78, 5) is 17.2. The monoisotopic (exact) mass is 521 g/mol. The molecule has 200 valence electrons. The Morgan fingerprint density at radius 2 is 1.89 bits per heavy atom. The maximum absolute atomic E-state index is 13.4. The van der Waals surface area contributed by atoms with E-state index in [1.807, 2.05) is 31.2 Å². The lowest BCUT2D eigenvalue weighted by Crippen LogP contribution is -2.11. The van der Waals surface area contributed by atoms with Crippen LogP contribution in [0.5, 0.6) is 5.75 Å². The first-order valence-electron chi connectivity index (χ1n) is 12.7. The molecule has 7 heteroatoms. The van der Waals surface area contributed by atoms with Crippen LogP contribution in [-0.2, 0) is 22.4 Å². The molecule has 1 aromatic heterocycles. The number of rotatable bonds is 5. The Kier molecular flexibility index (Phi) is 7.97. The average Bonchev–Trinajstić information content (AvgIpc) is 2.84. The zero-order chi connectivity index (χ0) is 27.6. The zero-order valence-corrected chi connectivity index (χ0v) is 22.4. The van der Waals surface area contributed by atoms with E-state index in [1.54, 1.807) is 40.0 Å². The molecule has 0 saturated carbocycles. The lowest BCUT2D eigenvalue weighted by Gasteiger charge is -2.22. The van der Waals surface area contributed by atoms with Gasteiger partial charge in [0, 0.05) is 29.1 Å². The standard InChI is InChI=1S/C27H23F2NO3.C4H10O/c1-3-32-23(31)14-21-15(2)12-18-13-17(27(28)29)4-5-19(18)25(21)20-6-7-22-24-16(9-11-33-22)8-10-30-26(20)24;1-4(2,3)5/h4-8,10,12-13,27H,3,9,11,14H2,1-2H3;5H,1-3H3. The highest BCUT2D eigenvalue weighted by Gasteiger charge is 2.23. The topological polar surface area (TPSA) is 68.7 Å². The van der Waals surface area contributed by atoms with E-state index in [4.69, 9.17) is 14.6 Å². The van der Waals surface area contributed by atoms with Gasteiger partial charge in [-0.1, -0.05) is 18.2 Å². The summed E-state index contributed by atoms with van der Waals surface area (Å²) in [7, 11) is 0. The van der Waals surface area contributed by atoms with Crippen LogP contribution in [0.3, 0.4) is 0 Å². The van der Waals surface area contributed by atoms with Gasteiger partial charge in [0.25, 0.3) is 6.43 Å². The molecule has 0 unspecified atom stereocenters. The van der Waals surface area contributed by atoms with E-state index in [1.165, 1.54) is 12.1 Å². The van der Waals surface area contributed by atoms with Crippen LogP contribution in [0.15, 0.2) is 48.7 Å². The summed E-state index contributed by atoms with van der Waals surface area (Å²) < 4.78 is 37.9. The minimum absolute atomic E-state index is 0.0330. The van der Waals surface area contributed by atoms with Crippen LogP contribution in [0.2, 0.25) is 0 Å². The van der Waals surface area contributed by atoms with Crippen molar-refractivity contribution >= 4 is 27.6 Å². The predicted octanol–water partition coefficient (Wildman–Crippen LogP) is 7.12. The molecular weight excluding hydrogens is 488 g/mol. The van der Waals surface area contributed by atoms with Gasteiger partial charge in [-0.15, -0.1) is 0 Å². The lowest BCUT2D eigenvalue weighted by atomic mass is 9.86. The van der Waals surface area contributed by atoms with Crippen LogP contribution in [0, 0.1) is 6.92 Å². The maximum atomic E-state index is 13.4. The van der Waals surface area contributed by atoms with Crippen LogP contribution in [0.4, 0.5) is 8.78 Å². The largest absolute Gasteiger partial charge is 0.493 e. The number of pyridine rings is 1. The van der Waals surface area contributed by atoms with Crippen molar-refractivity contribution in [2.75, 3.05) is 13.2 Å². The summed E-state index contributed by atoms with van der Waals surface area (Å²) in [6, 6.07) is 12.4. The molecule has 0 bridgehead atoms. The number of benzene rings is 3. The van der Waals surface area contributed by atoms with Crippen molar-refractivity contribution < 1.29 is 28.2 Å². The van der Waals surface area contributed by atoms with Crippen molar-refractivity contribution in [1.82, 2.24) is 4.98 Å². The second-order valence-electron chi connectivity index (χ2n) is 10.4. The number of hydrogen-bond donors (Lipinski definition) is 1. The molecule has 1 aliphatic rings. The van der Waals surface area contributed by atoms with Crippen molar-refractivity contribution in [3.05, 3.63) is 70.9 Å². The Morgan fingerprint density at radius 3 is 2.58 bits per heavy atom. The van der Waals surface area contributed by atoms with Crippen LogP contribution < -0.4 is 4.74 Å². The fourth-order valence-electron chi connectivity index (χ4n) is 4.74. The number of aryl methyl sites for hydroxylation is 1. The molecule has 0 saturated heterocycles. The number of ether oxygens (including phenoxy) is 2. The van der Waals surface area contributed by atoms with E-state index >= 15 is 0 Å². The highest BCUT2D eigenvalue weighted by Crippen LogP contribution is 2.42. The van der Waals surface area contributed by atoms with E-state index in [0.717, 1.165) is 56.3 Å². The first kappa shape index (κ1) is 27.5. The Labute approximate surface area is 221 Å². The first-order chi connectivity index (χ1) is 18.0. The Bertz CT molecular complexity index is 1480. The number of halogens is 2. The van der Waals surface area contributed by atoms with Crippen LogP contribution in [-0.4, -0.2) is 34.9 Å². The fraction of sp³-hybridized carbons (Fsp3) is 0.355. The van der Waals surface area contributed by atoms with Crippen molar-refractivity contribution in [3.8, 4) is 16.9 Å². The van der Waals surface area contributed by atoms with Crippen LogP contribution in [0.1, 0.15) is 56.4 Å². The van der Waals surface area contributed by atoms with E-state index in [2.05, 4.69) is 4.98 Å². The highest BCUT2D eigenvalue weighted by atomic mass is 19.3. The first-order valence-corrected chi connectivity index (χ1v) is 12.7. The minimum Gasteiger partial charge on any atom is -0.493 e. The average molecular weight is 522 g/mol. The molecule has 0 fully saturated rings. The Balaban J connectivity index is 0.000000617. The number of hydrogen-bond acceptors (Lipinski definition) is 5. The third-order valence-electron chi connectivity index (χ3n) is 6.21. The lowest BCUT2D eigenvalue weighted by molar-refractivity contribution is -0.142. The second kappa shape index (κ2) is 11.0. The van der Waals surface area contributed by atoms with Gasteiger partial charge < -0.3 is 14.6 Å². The van der Waals surface area contributed by atoms with Crippen LogP contribution in [0.25, 0.3) is 32.8 Å². The number of aromatic nitrogens is 1. The molecule has 0 radical (unpaired) electrons. The third-order valence-corrected chi connectivity index (χ3v) is 6.21. The number of nitrogens with zero attached hydrogens (tertiary/aromatic N) is 1. The van der Waals surface area contributed by atoms with Gasteiger partial charge in [0.2, 0.25) is 0 Å². The van der Waals surface area contributed by atoms with Gasteiger partial charge in [-0.05, 0) is 91.9 Å². The van der Waals surface area contributed by atoms with Gasteiger partial charge in [0.15, 0.2) is 0 Å². The summed E-state index contributed by atoms with van der Waals surface area (Å²) in [5.74, 6) is 0.455. The SMILES string of the molecule is CC(C)(C)O.CCOC(=O)Cc1c(C)cc2cc(C(F)F)ccc2c1-c1ccc2c3c(ccnc13)CCO2. The molecule has 2 heterocycles. The summed E-state index contributed by atoms with van der Waals surface area (Å²) in [6.07, 6.45) is 0.101. The number of esters is 1. The smallest absolute Gasteiger partial charge is 0.310 e. The summed E-state index contributed by atoms with van der Waals surface area (Å²) >= 11 is 0. The summed E-state index contributed by atoms with van der Waals surface area (Å²) in [6.45, 7) is 9.80. The highest BCUT2D eigenvalue weighted by molar-refractivity contribution is 6.08. The van der Waals surface area contributed by atoms with Gasteiger partial charge in [-0.2, -0.15) is 0 Å². The van der Waals surface area contributed by atoms with Gasteiger partial charge in [0.1, 0.15) is 5.75 Å². The van der Waals surface area contributed by atoms with Gasteiger partial charge in [0.05, 0.1) is 30.8 Å². The second-order valence-corrected chi connectivity index (χ2v) is 10.4. The van der Waals surface area contributed by atoms with E-state index in [0.29, 0.717) is 18.6 Å². The molecule has 38 heavy (non-hydrogen) atoms. The molecule has 5 nitrogen and oxygen atoms in total. The third kappa shape index (κ3) is 5.94. The maximum Gasteiger partial charge on any atom is 0.310 e. The molecule has 4 aromatic rings. The minimum atomic E-state index is -2.56. The molecule has 0 atom stereocenters. The normalized spacial score (nSPS) is 12.8. The molecule has 0 amide bonds. The van der Waals surface area contributed by atoms with Crippen molar-refractivity contribution in [3.63, 3.8) is 0 Å². The van der Waals surface area contributed by atoms with Gasteiger partial charge in [-0.25, -0.2) is 8.78 Å². The van der Waals surface area contributed by atoms with Crippen molar-refractivity contribution in [1.29, 1.82) is 0 Å². The van der Waals surface area contributed by atoms with Gasteiger partial charge >= 0.3 is 5.97 Å². The Morgan fingerprint density at radius 1 is 1.16 bits per heavy atom. The van der Waals surface area contributed by atoms with E-state index in [-0.39, 0.29) is 18.0 Å². The molecular formula is C31H33F2NO4. The van der Waals surface area contributed by atoms with Gasteiger partial charge in [-0.3, -0.25) is 9.78 Å². The number of carbonyl (C=O) groups is 1. The molecule has 5 rings (SSSR count).